The maximum absolute atomic E-state index is 13.1. The van der Waals surface area contributed by atoms with Gasteiger partial charge in [-0.15, -0.1) is 0 Å². The van der Waals surface area contributed by atoms with Crippen LogP contribution in [0.4, 0.5) is 4.39 Å². The van der Waals surface area contributed by atoms with Gasteiger partial charge >= 0.3 is 0 Å². The fourth-order valence-corrected chi connectivity index (χ4v) is 2.54. The largest absolute Gasteiger partial charge is 0.338 e. The number of hydrogen-bond donors (Lipinski definition) is 1. The van der Waals surface area contributed by atoms with Crippen LogP contribution in [0, 0.1) is 12.7 Å². The fourth-order valence-electron chi connectivity index (χ4n) is 2.54. The third-order valence-electron chi connectivity index (χ3n) is 4.01. The molecule has 0 spiro atoms. The van der Waals surface area contributed by atoms with Gasteiger partial charge in [0.1, 0.15) is 5.82 Å². The van der Waals surface area contributed by atoms with Gasteiger partial charge in [-0.3, -0.25) is 0 Å². The van der Waals surface area contributed by atoms with E-state index in [1.165, 1.54) is 12.1 Å². The molecule has 5 heteroatoms. The molecular weight excluding hydrogens is 245 g/mol. The van der Waals surface area contributed by atoms with Gasteiger partial charge in [0.2, 0.25) is 11.7 Å². The van der Waals surface area contributed by atoms with Crippen LogP contribution < -0.4 is 5.73 Å². The first kappa shape index (κ1) is 12.3. The molecule has 1 aromatic heterocycles. The van der Waals surface area contributed by atoms with Crippen LogP contribution in [0.5, 0.6) is 0 Å². The molecule has 0 atom stereocenters. The number of benzene rings is 1. The van der Waals surface area contributed by atoms with Crippen LogP contribution in [-0.2, 0) is 5.41 Å². The Kier molecular flexibility index (Phi) is 2.86. The smallest absolute Gasteiger partial charge is 0.234 e. The van der Waals surface area contributed by atoms with E-state index in [0.717, 1.165) is 30.4 Å². The minimum absolute atomic E-state index is 0.140. The molecule has 1 saturated carbocycles. The maximum atomic E-state index is 13.1. The van der Waals surface area contributed by atoms with E-state index in [4.69, 9.17) is 10.3 Å². The molecule has 2 aromatic rings. The molecule has 1 aliphatic carbocycles. The highest BCUT2D eigenvalue weighted by Crippen LogP contribution is 2.42. The first-order valence-electron chi connectivity index (χ1n) is 6.45. The van der Waals surface area contributed by atoms with Crippen molar-refractivity contribution in [3.05, 3.63) is 35.5 Å². The minimum atomic E-state index is -0.262. The number of halogens is 1. The number of aromatic nitrogens is 2. The van der Waals surface area contributed by atoms with Crippen molar-refractivity contribution in [3.8, 4) is 11.4 Å². The molecule has 0 unspecified atom stereocenters. The van der Waals surface area contributed by atoms with Crippen molar-refractivity contribution in [3.63, 3.8) is 0 Å². The van der Waals surface area contributed by atoms with Gasteiger partial charge in [0.15, 0.2) is 0 Å². The van der Waals surface area contributed by atoms with Crippen LogP contribution in [-0.4, -0.2) is 16.7 Å². The summed E-state index contributed by atoms with van der Waals surface area (Å²) in [6.45, 7) is 2.35. The van der Waals surface area contributed by atoms with Crippen molar-refractivity contribution in [2.45, 2.75) is 31.6 Å². The first-order valence-corrected chi connectivity index (χ1v) is 6.45. The standard InChI is InChI=1S/C14H16FN3O/c1-9-7-10(15)3-4-11(9)12-17-13(19-18-12)14(8-16)5-2-6-14/h3-4,7H,2,5-6,8,16H2,1H3. The van der Waals surface area contributed by atoms with Crippen LogP contribution in [0.1, 0.15) is 30.7 Å². The molecule has 0 bridgehead atoms. The summed E-state index contributed by atoms with van der Waals surface area (Å²) in [5, 5.41) is 4.01. The molecule has 1 heterocycles. The van der Waals surface area contributed by atoms with Crippen LogP contribution in [0.25, 0.3) is 11.4 Å². The van der Waals surface area contributed by atoms with E-state index in [2.05, 4.69) is 10.1 Å². The third kappa shape index (κ3) is 1.94. The highest BCUT2D eigenvalue weighted by molar-refractivity contribution is 5.59. The Morgan fingerprint density at radius 3 is 2.79 bits per heavy atom. The van der Waals surface area contributed by atoms with Crippen molar-refractivity contribution in [2.75, 3.05) is 6.54 Å². The maximum Gasteiger partial charge on any atom is 0.234 e. The topological polar surface area (TPSA) is 64.9 Å². The van der Waals surface area contributed by atoms with E-state index in [1.54, 1.807) is 6.07 Å². The fraction of sp³-hybridized carbons (Fsp3) is 0.429. The van der Waals surface area contributed by atoms with Crippen LogP contribution in [0.3, 0.4) is 0 Å². The lowest BCUT2D eigenvalue weighted by Crippen LogP contribution is -2.41. The molecule has 19 heavy (non-hydrogen) atoms. The summed E-state index contributed by atoms with van der Waals surface area (Å²) in [5.74, 6) is 0.856. The molecule has 0 amide bonds. The lowest BCUT2D eigenvalue weighted by molar-refractivity contribution is 0.182. The van der Waals surface area contributed by atoms with E-state index in [9.17, 15) is 4.39 Å². The van der Waals surface area contributed by atoms with Gasteiger partial charge in [0.25, 0.3) is 0 Å². The van der Waals surface area contributed by atoms with E-state index in [1.807, 2.05) is 6.92 Å². The van der Waals surface area contributed by atoms with Gasteiger partial charge < -0.3 is 10.3 Å². The van der Waals surface area contributed by atoms with E-state index in [-0.39, 0.29) is 11.2 Å². The zero-order valence-corrected chi connectivity index (χ0v) is 10.8. The van der Waals surface area contributed by atoms with E-state index >= 15 is 0 Å². The summed E-state index contributed by atoms with van der Waals surface area (Å²) >= 11 is 0. The second-order valence-corrected chi connectivity index (χ2v) is 5.22. The molecular formula is C14H16FN3O. The molecule has 1 fully saturated rings. The molecule has 0 saturated heterocycles. The lowest BCUT2D eigenvalue weighted by atomic mass is 9.69. The highest BCUT2D eigenvalue weighted by atomic mass is 19.1. The Morgan fingerprint density at radius 1 is 1.42 bits per heavy atom. The van der Waals surface area contributed by atoms with Crippen molar-refractivity contribution in [1.29, 1.82) is 0 Å². The number of aryl methyl sites for hydroxylation is 1. The molecule has 100 valence electrons. The van der Waals surface area contributed by atoms with Crippen LogP contribution in [0.15, 0.2) is 22.7 Å². The predicted octanol–water partition coefficient (Wildman–Crippen LogP) is 2.56. The molecule has 1 aliphatic rings. The molecule has 0 aliphatic heterocycles. The Bertz CT molecular complexity index is 599. The zero-order valence-electron chi connectivity index (χ0n) is 10.8. The highest BCUT2D eigenvalue weighted by Gasteiger charge is 2.42. The summed E-state index contributed by atoms with van der Waals surface area (Å²) in [6, 6.07) is 4.54. The summed E-state index contributed by atoms with van der Waals surface area (Å²) in [7, 11) is 0. The Hall–Kier alpha value is -1.75. The monoisotopic (exact) mass is 261 g/mol. The summed E-state index contributed by atoms with van der Waals surface area (Å²) in [4.78, 5) is 4.46. The van der Waals surface area contributed by atoms with Gasteiger partial charge in [-0.1, -0.05) is 11.6 Å². The van der Waals surface area contributed by atoms with E-state index < -0.39 is 0 Å². The van der Waals surface area contributed by atoms with Crippen molar-refractivity contribution < 1.29 is 8.91 Å². The molecule has 3 rings (SSSR count). The molecule has 0 radical (unpaired) electrons. The van der Waals surface area contributed by atoms with Gasteiger partial charge in [0, 0.05) is 12.1 Å². The average molecular weight is 261 g/mol. The third-order valence-corrected chi connectivity index (χ3v) is 4.01. The number of nitrogens with zero attached hydrogens (tertiary/aromatic N) is 2. The minimum Gasteiger partial charge on any atom is -0.338 e. The van der Waals surface area contributed by atoms with Gasteiger partial charge in [-0.2, -0.15) is 4.98 Å². The summed E-state index contributed by atoms with van der Waals surface area (Å²) in [6.07, 6.45) is 3.13. The first-order chi connectivity index (χ1) is 9.14. The Morgan fingerprint density at radius 2 is 2.21 bits per heavy atom. The van der Waals surface area contributed by atoms with Crippen molar-refractivity contribution >= 4 is 0 Å². The van der Waals surface area contributed by atoms with Crippen molar-refractivity contribution in [1.82, 2.24) is 10.1 Å². The SMILES string of the molecule is Cc1cc(F)ccc1-c1noc(C2(CN)CCC2)n1. The molecule has 2 N–H and O–H groups in total. The van der Waals surface area contributed by atoms with Gasteiger partial charge in [-0.05, 0) is 43.5 Å². The van der Waals surface area contributed by atoms with Crippen LogP contribution in [0.2, 0.25) is 0 Å². The summed E-state index contributed by atoms with van der Waals surface area (Å²) < 4.78 is 18.5. The second-order valence-electron chi connectivity index (χ2n) is 5.22. The van der Waals surface area contributed by atoms with Crippen molar-refractivity contribution in [2.24, 2.45) is 5.73 Å². The van der Waals surface area contributed by atoms with Gasteiger partial charge in [-0.25, -0.2) is 4.39 Å². The normalized spacial score (nSPS) is 17.2. The average Bonchev–Trinajstić information content (AvgIpc) is 2.78. The number of rotatable bonds is 3. The Balaban J connectivity index is 1.97. The lowest BCUT2D eigenvalue weighted by Gasteiger charge is -2.36. The molecule has 1 aromatic carbocycles. The van der Waals surface area contributed by atoms with E-state index in [0.29, 0.717) is 18.3 Å². The Labute approximate surface area is 110 Å². The van der Waals surface area contributed by atoms with Gasteiger partial charge in [0.05, 0.1) is 5.41 Å². The van der Waals surface area contributed by atoms with Crippen LogP contribution >= 0.6 is 0 Å². The zero-order chi connectivity index (χ0) is 13.5. The second kappa shape index (κ2) is 4.42. The summed E-state index contributed by atoms with van der Waals surface area (Å²) in [5.41, 5.74) is 7.27. The quantitative estimate of drug-likeness (QED) is 0.922. The number of nitrogens with two attached hydrogens (primary N) is 1. The predicted molar refractivity (Wildman–Crippen MR) is 69.0 cm³/mol. The molecule has 4 nitrogen and oxygen atoms in total. The number of hydrogen-bond acceptors (Lipinski definition) is 4.